The molecule has 1 amide bonds. The van der Waals surface area contributed by atoms with Gasteiger partial charge in [-0.25, -0.2) is 0 Å². The Morgan fingerprint density at radius 1 is 1.57 bits per heavy atom. The number of carbonyl (C=O) groups excluding carboxylic acids is 1. The molecule has 0 aliphatic heterocycles. The van der Waals surface area contributed by atoms with Crippen LogP contribution in [-0.2, 0) is 16.1 Å². The molecule has 0 heterocycles. The van der Waals surface area contributed by atoms with Gasteiger partial charge < -0.3 is 0 Å². The molecule has 76 valence electrons. The van der Waals surface area contributed by atoms with Crippen LogP contribution in [0.5, 0.6) is 0 Å². The van der Waals surface area contributed by atoms with Crippen molar-refractivity contribution in [3.8, 4) is 0 Å². The van der Waals surface area contributed by atoms with Gasteiger partial charge in [-0.3, -0.25) is 9.63 Å². The zero-order valence-electron chi connectivity index (χ0n) is 7.54. The molecule has 0 unspecified atom stereocenters. The molecule has 0 fully saturated rings. The number of hydrogen-bond donors (Lipinski definition) is 0. The maximum atomic E-state index is 11.3. The zero-order chi connectivity index (χ0) is 10.6. The summed E-state index contributed by atoms with van der Waals surface area (Å²) in [6.45, 7) is 0. The Labute approximate surface area is 95.8 Å². The third-order valence-electron chi connectivity index (χ3n) is 1.66. The van der Waals surface area contributed by atoms with E-state index in [0.29, 0.717) is 4.58 Å². The highest BCUT2D eigenvalue weighted by atomic mass is 79.9. The molecular weight excluding hydrogens is 269 g/mol. The molecule has 0 radical (unpaired) electrons. The number of hydrogen-bond acceptors (Lipinski definition) is 2. The maximum Gasteiger partial charge on any atom is 0.266 e. The number of amides is 1. The van der Waals surface area contributed by atoms with Crippen LogP contribution in [-0.4, -0.2) is 17.6 Å². The van der Waals surface area contributed by atoms with Crippen molar-refractivity contribution in [2.45, 2.75) is 6.42 Å². The summed E-state index contributed by atoms with van der Waals surface area (Å²) in [6.07, 6.45) is 0.207. The van der Waals surface area contributed by atoms with Gasteiger partial charge >= 0.3 is 0 Å². The standard InChI is InChI=1S/C9H9BrClNO2/c1-14-12(11)9(13)6-7-4-2-3-5-8(7)10/h2-5H,6H2,1H3. The highest BCUT2D eigenvalue weighted by molar-refractivity contribution is 9.10. The minimum Gasteiger partial charge on any atom is -0.271 e. The fourth-order valence-corrected chi connectivity index (χ4v) is 1.45. The van der Waals surface area contributed by atoms with Gasteiger partial charge in [-0.15, -0.1) is 4.58 Å². The van der Waals surface area contributed by atoms with Crippen LogP contribution < -0.4 is 0 Å². The highest BCUT2D eigenvalue weighted by Crippen LogP contribution is 2.17. The van der Waals surface area contributed by atoms with Gasteiger partial charge in [-0.2, -0.15) is 0 Å². The van der Waals surface area contributed by atoms with E-state index in [0.717, 1.165) is 10.0 Å². The molecule has 0 bridgehead atoms. The molecule has 0 spiro atoms. The van der Waals surface area contributed by atoms with Crippen molar-refractivity contribution in [2.24, 2.45) is 0 Å². The number of nitrogens with zero attached hydrogens (tertiary/aromatic N) is 1. The Morgan fingerprint density at radius 2 is 2.21 bits per heavy atom. The molecule has 0 aliphatic carbocycles. The smallest absolute Gasteiger partial charge is 0.266 e. The Morgan fingerprint density at radius 3 is 2.79 bits per heavy atom. The van der Waals surface area contributed by atoms with Gasteiger partial charge in [0.2, 0.25) is 0 Å². The Kier molecular flexibility index (Phi) is 4.38. The quantitative estimate of drug-likeness (QED) is 0.628. The van der Waals surface area contributed by atoms with Crippen LogP contribution >= 0.6 is 27.7 Å². The fourth-order valence-electron chi connectivity index (χ4n) is 0.969. The van der Waals surface area contributed by atoms with Gasteiger partial charge in [0, 0.05) is 16.2 Å². The number of carbonyl (C=O) groups is 1. The van der Waals surface area contributed by atoms with Crippen molar-refractivity contribution in [1.82, 2.24) is 4.58 Å². The summed E-state index contributed by atoms with van der Waals surface area (Å²) in [5.41, 5.74) is 0.875. The average molecular weight is 279 g/mol. The van der Waals surface area contributed by atoms with Crippen molar-refractivity contribution < 1.29 is 9.63 Å². The predicted molar refractivity (Wildman–Crippen MR) is 57.6 cm³/mol. The number of hydroxylamine groups is 1. The van der Waals surface area contributed by atoms with E-state index in [-0.39, 0.29) is 12.3 Å². The predicted octanol–water partition coefficient (Wildman–Crippen LogP) is 2.54. The van der Waals surface area contributed by atoms with E-state index in [9.17, 15) is 4.79 Å². The summed E-state index contributed by atoms with van der Waals surface area (Å²) in [6, 6.07) is 7.46. The zero-order valence-corrected chi connectivity index (χ0v) is 9.88. The van der Waals surface area contributed by atoms with Gasteiger partial charge in [-0.05, 0) is 11.6 Å². The summed E-state index contributed by atoms with van der Waals surface area (Å²) in [5, 5.41) is 0. The van der Waals surface area contributed by atoms with Gasteiger partial charge in [0.05, 0.1) is 13.5 Å². The van der Waals surface area contributed by atoms with E-state index in [1.165, 1.54) is 7.11 Å². The summed E-state index contributed by atoms with van der Waals surface area (Å²) < 4.78 is 1.58. The van der Waals surface area contributed by atoms with Gasteiger partial charge in [-0.1, -0.05) is 34.1 Å². The monoisotopic (exact) mass is 277 g/mol. The fraction of sp³-hybridized carbons (Fsp3) is 0.222. The molecule has 0 N–H and O–H groups in total. The molecule has 5 heteroatoms. The van der Waals surface area contributed by atoms with E-state index in [2.05, 4.69) is 20.8 Å². The van der Waals surface area contributed by atoms with E-state index in [4.69, 9.17) is 11.8 Å². The first-order chi connectivity index (χ1) is 6.65. The number of benzene rings is 1. The second-order valence-corrected chi connectivity index (χ2v) is 3.75. The molecule has 0 aromatic heterocycles. The molecule has 14 heavy (non-hydrogen) atoms. The first-order valence-corrected chi connectivity index (χ1v) is 5.04. The summed E-state index contributed by atoms with van der Waals surface area (Å²) in [4.78, 5) is 15.9. The Balaban J connectivity index is 2.70. The van der Waals surface area contributed by atoms with Gasteiger partial charge in [0.1, 0.15) is 0 Å². The van der Waals surface area contributed by atoms with E-state index < -0.39 is 0 Å². The minimum atomic E-state index is -0.305. The largest absolute Gasteiger partial charge is 0.271 e. The van der Waals surface area contributed by atoms with Crippen molar-refractivity contribution in [2.75, 3.05) is 7.11 Å². The second kappa shape index (κ2) is 5.34. The minimum absolute atomic E-state index is 0.207. The van der Waals surface area contributed by atoms with Crippen LogP contribution in [0.3, 0.4) is 0 Å². The molecular formula is C9H9BrClNO2. The summed E-state index contributed by atoms with van der Waals surface area (Å²) in [5.74, 6) is -0.305. The number of rotatable bonds is 3. The lowest BCUT2D eigenvalue weighted by atomic mass is 10.1. The van der Waals surface area contributed by atoms with E-state index in [1.807, 2.05) is 24.3 Å². The topological polar surface area (TPSA) is 29.5 Å². The van der Waals surface area contributed by atoms with Gasteiger partial charge in [0.15, 0.2) is 0 Å². The molecule has 1 rings (SSSR count). The molecule has 0 saturated carbocycles. The third-order valence-corrected chi connectivity index (χ3v) is 2.76. The average Bonchev–Trinajstić information content (AvgIpc) is 2.20. The van der Waals surface area contributed by atoms with Crippen LogP contribution in [0.15, 0.2) is 28.7 Å². The summed E-state index contributed by atoms with van der Waals surface area (Å²) >= 11 is 8.81. The lowest BCUT2D eigenvalue weighted by Gasteiger charge is -2.10. The van der Waals surface area contributed by atoms with Crippen LogP contribution in [0.2, 0.25) is 0 Å². The molecule has 1 aromatic carbocycles. The molecule has 0 saturated heterocycles. The molecule has 3 nitrogen and oxygen atoms in total. The Bertz CT molecular complexity index is 332. The van der Waals surface area contributed by atoms with Crippen molar-refractivity contribution >= 4 is 33.6 Å². The highest BCUT2D eigenvalue weighted by Gasteiger charge is 2.12. The molecule has 0 atom stereocenters. The van der Waals surface area contributed by atoms with Crippen molar-refractivity contribution in [3.05, 3.63) is 34.3 Å². The normalized spacial score (nSPS) is 9.93. The van der Waals surface area contributed by atoms with E-state index in [1.54, 1.807) is 0 Å². The van der Waals surface area contributed by atoms with Crippen LogP contribution in [0.4, 0.5) is 0 Å². The van der Waals surface area contributed by atoms with E-state index >= 15 is 0 Å². The van der Waals surface area contributed by atoms with Gasteiger partial charge in [0.25, 0.3) is 5.91 Å². The Hall–Kier alpha value is -0.580. The molecule has 0 aliphatic rings. The van der Waals surface area contributed by atoms with Crippen LogP contribution in [0.1, 0.15) is 5.56 Å². The lowest BCUT2D eigenvalue weighted by molar-refractivity contribution is -0.151. The molecule has 1 aromatic rings. The first-order valence-electron chi connectivity index (χ1n) is 3.91. The maximum absolute atomic E-state index is 11.3. The summed E-state index contributed by atoms with van der Waals surface area (Å²) in [7, 11) is 1.34. The van der Waals surface area contributed by atoms with Crippen molar-refractivity contribution in [1.29, 1.82) is 0 Å². The SMILES string of the molecule is CON(Cl)C(=O)Cc1ccccc1Br. The number of halogens is 2. The van der Waals surface area contributed by atoms with Crippen LogP contribution in [0, 0.1) is 0 Å². The second-order valence-electron chi connectivity index (χ2n) is 2.59. The van der Waals surface area contributed by atoms with Crippen LogP contribution in [0.25, 0.3) is 0 Å². The van der Waals surface area contributed by atoms with Crippen molar-refractivity contribution in [3.63, 3.8) is 0 Å². The first kappa shape index (κ1) is 11.5. The third kappa shape index (κ3) is 2.97. The lowest BCUT2D eigenvalue weighted by Crippen LogP contribution is -2.22.